The highest BCUT2D eigenvalue weighted by atomic mass is 14.9. The molecule has 4 aromatic heterocycles. The predicted molar refractivity (Wildman–Crippen MR) is 184 cm³/mol. The van der Waals surface area contributed by atoms with Crippen molar-refractivity contribution in [1.29, 1.82) is 0 Å². The van der Waals surface area contributed by atoms with Crippen LogP contribution in [0.25, 0.3) is 60.3 Å². The first-order valence-electron chi connectivity index (χ1n) is 15.9. The molecule has 4 heterocycles. The van der Waals surface area contributed by atoms with Crippen molar-refractivity contribution < 1.29 is 0 Å². The number of aromatic nitrogens is 3. The highest BCUT2D eigenvalue weighted by Gasteiger charge is 2.26. The van der Waals surface area contributed by atoms with Crippen LogP contribution in [-0.4, -0.2) is 14.4 Å². The lowest BCUT2D eigenvalue weighted by molar-refractivity contribution is 0.838. The molecule has 0 atom stereocenters. The average Bonchev–Trinajstić information content (AvgIpc) is 3.52. The molecule has 0 unspecified atom stereocenters. The standard InChI is InChI=1S/C40H41N3/c1-22(2)26-12-9-13-27(23(3)4)36(26)32-18-41-20-34-38(32)30-16-11-17-31-39-33(19-42-21-35(39)43(34)40(30)31)37-28(24(5)6)14-10-15-29(37)25(7)8/h9-25H,1-8H3. The molecule has 0 spiro atoms. The lowest BCUT2D eigenvalue weighted by Crippen LogP contribution is -2.01. The number of pyridine rings is 2. The van der Waals surface area contributed by atoms with E-state index < -0.39 is 0 Å². The Bertz CT molecular complexity index is 1940. The fourth-order valence-corrected chi connectivity index (χ4v) is 7.47. The van der Waals surface area contributed by atoms with E-state index in [1.807, 2.05) is 0 Å². The summed E-state index contributed by atoms with van der Waals surface area (Å²) in [5, 5.41) is 5.12. The van der Waals surface area contributed by atoms with E-state index in [2.05, 4.69) is 139 Å². The van der Waals surface area contributed by atoms with Gasteiger partial charge in [-0.3, -0.25) is 9.97 Å². The van der Waals surface area contributed by atoms with Crippen LogP contribution in [0.1, 0.15) is 101 Å². The van der Waals surface area contributed by atoms with Crippen molar-refractivity contribution in [2.45, 2.75) is 79.1 Å². The van der Waals surface area contributed by atoms with E-state index in [1.54, 1.807) is 0 Å². The Labute approximate surface area is 255 Å². The lowest BCUT2D eigenvalue weighted by atomic mass is 9.84. The van der Waals surface area contributed by atoms with Gasteiger partial charge < -0.3 is 4.40 Å². The van der Waals surface area contributed by atoms with Crippen molar-refractivity contribution in [3.05, 3.63) is 102 Å². The van der Waals surface area contributed by atoms with Crippen LogP contribution in [0.3, 0.4) is 0 Å². The summed E-state index contributed by atoms with van der Waals surface area (Å²) in [6.45, 7) is 18.4. The maximum absolute atomic E-state index is 4.90. The first-order chi connectivity index (χ1) is 20.7. The van der Waals surface area contributed by atoms with Gasteiger partial charge in [-0.25, -0.2) is 0 Å². The molecule has 0 fully saturated rings. The van der Waals surface area contributed by atoms with Crippen LogP contribution in [0.2, 0.25) is 0 Å². The summed E-state index contributed by atoms with van der Waals surface area (Å²) in [6.07, 6.45) is 8.30. The molecule has 7 aromatic rings. The minimum absolute atomic E-state index is 0.407. The van der Waals surface area contributed by atoms with Crippen molar-refractivity contribution >= 4 is 38.1 Å². The summed E-state index contributed by atoms with van der Waals surface area (Å²) in [5.74, 6) is 1.63. The van der Waals surface area contributed by atoms with Crippen LogP contribution in [0.15, 0.2) is 79.4 Å². The Morgan fingerprint density at radius 1 is 0.465 bits per heavy atom. The summed E-state index contributed by atoms with van der Waals surface area (Å²) in [4.78, 5) is 9.81. The summed E-state index contributed by atoms with van der Waals surface area (Å²) in [7, 11) is 0. The Balaban J connectivity index is 1.64. The fraction of sp³-hybridized carbons (Fsp3) is 0.300. The molecular weight excluding hydrogens is 522 g/mol. The Morgan fingerprint density at radius 3 is 1.16 bits per heavy atom. The van der Waals surface area contributed by atoms with Gasteiger partial charge in [0, 0.05) is 45.1 Å². The maximum Gasteiger partial charge on any atom is 0.0731 e. The number of nitrogens with zero attached hydrogens (tertiary/aromatic N) is 3. The largest absolute Gasteiger partial charge is 0.305 e. The first-order valence-corrected chi connectivity index (χ1v) is 15.9. The molecule has 0 bridgehead atoms. The minimum atomic E-state index is 0.407. The second kappa shape index (κ2) is 10.2. The summed E-state index contributed by atoms with van der Waals surface area (Å²) < 4.78 is 2.43. The third kappa shape index (κ3) is 4.01. The number of benzene rings is 3. The van der Waals surface area contributed by atoms with E-state index >= 15 is 0 Å². The van der Waals surface area contributed by atoms with Gasteiger partial charge in [0.25, 0.3) is 0 Å². The molecule has 3 nitrogen and oxygen atoms in total. The first kappa shape index (κ1) is 27.6. The number of rotatable bonds is 6. The maximum atomic E-state index is 4.90. The minimum Gasteiger partial charge on any atom is -0.305 e. The van der Waals surface area contributed by atoms with E-state index in [-0.39, 0.29) is 0 Å². The molecule has 0 saturated heterocycles. The number of para-hydroxylation sites is 1. The molecule has 3 heteroatoms. The van der Waals surface area contributed by atoms with Gasteiger partial charge in [-0.05, 0) is 57.1 Å². The third-order valence-corrected chi connectivity index (χ3v) is 9.42. The monoisotopic (exact) mass is 563 g/mol. The molecule has 0 aliphatic rings. The molecule has 3 aromatic carbocycles. The average molecular weight is 564 g/mol. The van der Waals surface area contributed by atoms with Gasteiger partial charge in [0.1, 0.15) is 0 Å². The second-order valence-corrected chi connectivity index (χ2v) is 13.4. The van der Waals surface area contributed by atoms with E-state index in [4.69, 9.17) is 9.97 Å². The zero-order valence-electron chi connectivity index (χ0n) is 26.7. The summed E-state index contributed by atoms with van der Waals surface area (Å²) in [6, 6.07) is 20.5. The molecular formula is C40H41N3. The smallest absolute Gasteiger partial charge is 0.0731 e. The fourth-order valence-electron chi connectivity index (χ4n) is 7.47. The summed E-state index contributed by atoms with van der Waals surface area (Å²) >= 11 is 0. The molecule has 0 radical (unpaired) electrons. The number of hydrogen-bond donors (Lipinski definition) is 0. The zero-order chi connectivity index (χ0) is 30.2. The van der Waals surface area contributed by atoms with Crippen LogP contribution in [0, 0.1) is 0 Å². The van der Waals surface area contributed by atoms with Gasteiger partial charge in [0.15, 0.2) is 0 Å². The van der Waals surface area contributed by atoms with Gasteiger partial charge in [0.05, 0.1) is 28.9 Å². The van der Waals surface area contributed by atoms with Crippen molar-refractivity contribution in [3.63, 3.8) is 0 Å². The van der Waals surface area contributed by atoms with Crippen molar-refractivity contribution in [1.82, 2.24) is 14.4 Å². The predicted octanol–water partition coefficient (Wildman–Crippen LogP) is 11.5. The van der Waals surface area contributed by atoms with Crippen LogP contribution >= 0.6 is 0 Å². The van der Waals surface area contributed by atoms with E-state index in [1.165, 1.54) is 71.6 Å². The van der Waals surface area contributed by atoms with Crippen LogP contribution in [0.5, 0.6) is 0 Å². The molecule has 216 valence electrons. The Kier molecular flexibility index (Phi) is 6.54. The van der Waals surface area contributed by atoms with Crippen LogP contribution in [-0.2, 0) is 0 Å². The Morgan fingerprint density at radius 2 is 0.814 bits per heavy atom. The van der Waals surface area contributed by atoms with Crippen molar-refractivity contribution in [2.24, 2.45) is 0 Å². The topological polar surface area (TPSA) is 30.2 Å². The highest BCUT2D eigenvalue weighted by Crippen LogP contribution is 2.48. The molecule has 7 rings (SSSR count). The van der Waals surface area contributed by atoms with Gasteiger partial charge in [0.2, 0.25) is 0 Å². The van der Waals surface area contributed by atoms with Crippen LogP contribution < -0.4 is 0 Å². The second-order valence-electron chi connectivity index (χ2n) is 13.4. The lowest BCUT2D eigenvalue weighted by Gasteiger charge is -2.21. The third-order valence-electron chi connectivity index (χ3n) is 9.42. The number of fused-ring (bicyclic) bond motifs is 6. The van der Waals surface area contributed by atoms with Gasteiger partial charge in [-0.2, -0.15) is 0 Å². The van der Waals surface area contributed by atoms with Crippen molar-refractivity contribution in [3.8, 4) is 22.3 Å². The molecule has 0 N–H and O–H groups in total. The molecule has 0 amide bonds. The molecule has 43 heavy (non-hydrogen) atoms. The summed E-state index contributed by atoms with van der Waals surface area (Å²) in [5.41, 5.74) is 14.2. The van der Waals surface area contributed by atoms with Gasteiger partial charge in [-0.1, -0.05) is 110 Å². The Hall–Kier alpha value is -4.24. The zero-order valence-corrected chi connectivity index (χ0v) is 26.7. The molecule has 0 aliphatic carbocycles. The van der Waals surface area contributed by atoms with E-state index in [0.29, 0.717) is 23.7 Å². The molecule has 0 saturated carbocycles. The molecule has 0 aliphatic heterocycles. The number of hydrogen-bond acceptors (Lipinski definition) is 2. The van der Waals surface area contributed by atoms with Crippen molar-refractivity contribution in [2.75, 3.05) is 0 Å². The quantitative estimate of drug-likeness (QED) is 0.201. The van der Waals surface area contributed by atoms with Gasteiger partial charge in [-0.15, -0.1) is 0 Å². The van der Waals surface area contributed by atoms with Crippen LogP contribution in [0.4, 0.5) is 0 Å². The van der Waals surface area contributed by atoms with E-state index in [0.717, 1.165) is 11.0 Å². The van der Waals surface area contributed by atoms with E-state index in [9.17, 15) is 0 Å². The SMILES string of the molecule is CC(C)c1cccc(C(C)C)c1-c1cncc2c1c1cccc3c4c(-c5c(C(C)C)cccc5C(C)C)cncc4n2c13. The van der Waals surface area contributed by atoms with Gasteiger partial charge >= 0.3 is 0 Å². The highest BCUT2D eigenvalue weighted by molar-refractivity contribution is 6.27. The normalized spacial score (nSPS) is 12.6.